The minimum Gasteiger partial charge on any atom is -0.380 e. The van der Waals surface area contributed by atoms with Crippen LogP contribution < -0.4 is 10.0 Å². The fraction of sp³-hybridized carbons (Fsp3) is 0.510. The molecule has 69 heavy (non-hydrogen) atoms. The number of fused-ring (bicyclic) bond motifs is 1. The molecule has 0 bridgehead atoms. The second-order valence-corrected chi connectivity index (χ2v) is 24.6. The Morgan fingerprint density at radius 1 is 0.899 bits per heavy atom. The monoisotopic (exact) mass is 1030 g/mol. The molecule has 4 heterocycles. The van der Waals surface area contributed by atoms with Gasteiger partial charge in [0, 0.05) is 85.7 Å². The molecule has 1 aliphatic carbocycles. The molecule has 1 aromatic heterocycles. The summed E-state index contributed by atoms with van der Waals surface area (Å²) in [5.74, 6) is -0.286. The molecule has 4 aromatic rings. The second kappa shape index (κ2) is 21.5. The van der Waals surface area contributed by atoms with Crippen molar-refractivity contribution in [2.45, 2.75) is 97.6 Å². The van der Waals surface area contributed by atoms with Crippen molar-refractivity contribution in [1.29, 1.82) is 0 Å². The molecule has 3 aliphatic heterocycles. The number of nitrogens with one attached hydrogen (secondary N) is 2. The van der Waals surface area contributed by atoms with Crippen molar-refractivity contribution in [3.63, 3.8) is 0 Å². The van der Waals surface area contributed by atoms with E-state index in [1.165, 1.54) is 29.1 Å². The van der Waals surface area contributed by atoms with E-state index in [0.717, 1.165) is 107 Å². The van der Waals surface area contributed by atoms with E-state index in [9.17, 15) is 34.4 Å². The standard InChI is InChI=1S/C49H61ClF4N8O4S3/c1-48(2)19-14-35(41(29-48)34-8-10-36(50)11-9-34)30-61-21-16-38(17-22-61)62-23-18-40-44(31-62)55-33-56-47(40)58-69(65,66)39-12-13-43(46(28-39)68(63,64)49(52,53)54)57-37(15-20-60-26-24-59(3)25-27-60)32-67-45-7-5-4-6-42(45)51/h4-13,28,33,37-38,57H,14-27,29-32H2,1-3H3,(H,55,56,58)/t37-/m1/s1. The summed E-state index contributed by atoms with van der Waals surface area (Å²) in [6.07, 6.45) is 7.23. The van der Waals surface area contributed by atoms with Crippen LogP contribution in [0.2, 0.25) is 5.02 Å². The van der Waals surface area contributed by atoms with E-state index in [0.29, 0.717) is 60.7 Å². The van der Waals surface area contributed by atoms with Crippen LogP contribution in [0.5, 0.6) is 0 Å². The molecule has 0 saturated carbocycles. The van der Waals surface area contributed by atoms with Crippen molar-refractivity contribution in [1.82, 2.24) is 29.6 Å². The van der Waals surface area contributed by atoms with Gasteiger partial charge in [0.2, 0.25) is 0 Å². The number of aromatic nitrogens is 2. The first-order chi connectivity index (χ1) is 32.7. The van der Waals surface area contributed by atoms with Crippen molar-refractivity contribution < 1.29 is 34.4 Å². The van der Waals surface area contributed by atoms with Gasteiger partial charge in [-0.15, -0.1) is 11.8 Å². The number of rotatable bonds is 16. The molecule has 0 amide bonds. The Kier molecular flexibility index (Phi) is 16.1. The molecule has 2 fully saturated rings. The molecule has 3 aromatic carbocycles. The van der Waals surface area contributed by atoms with Crippen molar-refractivity contribution in [2.75, 3.05) is 81.7 Å². The van der Waals surface area contributed by atoms with Crippen LogP contribution in [0.1, 0.15) is 69.2 Å². The Morgan fingerprint density at radius 3 is 2.33 bits per heavy atom. The molecule has 8 rings (SSSR count). The van der Waals surface area contributed by atoms with E-state index < -0.39 is 52.7 Å². The van der Waals surface area contributed by atoms with Gasteiger partial charge in [-0.3, -0.25) is 14.5 Å². The number of nitrogens with zero attached hydrogens (tertiary/aromatic N) is 6. The number of halogens is 5. The van der Waals surface area contributed by atoms with Crippen LogP contribution >= 0.6 is 23.4 Å². The van der Waals surface area contributed by atoms with Crippen molar-refractivity contribution in [3.05, 3.63) is 106 Å². The number of alkyl halides is 3. The summed E-state index contributed by atoms with van der Waals surface area (Å²) in [6, 6.07) is 16.6. The fourth-order valence-electron chi connectivity index (χ4n) is 9.85. The Morgan fingerprint density at radius 2 is 1.62 bits per heavy atom. The van der Waals surface area contributed by atoms with Crippen LogP contribution in [0.15, 0.2) is 93.3 Å². The molecule has 2 N–H and O–H groups in total. The number of hydrogen-bond donors (Lipinski definition) is 2. The lowest BCUT2D eigenvalue weighted by atomic mass is 9.72. The van der Waals surface area contributed by atoms with Crippen LogP contribution in [-0.4, -0.2) is 136 Å². The van der Waals surface area contributed by atoms with Gasteiger partial charge < -0.3 is 15.1 Å². The van der Waals surface area contributed by atoms with E-state index in [4.69, 9.17) is 11.6 Å². The highest BCUT2D eigenvalue weighted by molar-refractivity contribution is 7.99. The third-order valence-electron chi connectivity index (χ3n) is 14.0. The predicted octanol–water partition coefficient (Wildman–Crippen LogP) is 9.06. The second-order valence-electron chi connectivity index (χ2n) is 19.5. The third kappa shape index (κ3) is 12.6. The molecule has 0 unspecified atom stereocenters. The lowest BCUT2D eigenvalue weighted by Gasteiger charge is -2.41. The van der Waals surface area contributed by atoms with Crippen LogP contribution in [-0.2, 0) is 32.8 Å². The molecule has 374 valence electrons. The number of sulfonamides is 1. The smallest absolute Gasteiger partial charge is 0.380 e. The normalized spacial score (nSPS) is 19.9. The van der Waals surface area contributed by atoms with Gasteiger partial charge in [0.1, 0.15) is 22.9 Å². The van der Waals surface area contributed by atoms with Gasteiger partial charge in [-0.05, 0) is 124 Å². The third-order valence-corrected chi connectivity index (χ3v) is 18.3. The summed E-state index contributed by atoms with van der Waals surface area (Å²) in [4.78, 5) is 16.5. The lowest BCUT2D eigenvalue weighted by molar-refractivity contribution is -0.0435. The summed E-state index contributed by atoms with van der Waals surface area (Å²) in [6.45, 7) is 12.3. The SMILES string of the molecule is CN1CCN(CC[C@H](CSc2ccccc2F)Nc2ccc(S(=O)(=O)Nc3ncnc4c3CCN(C3CCN(CC5=C(c6ccc(Cl)cc6)CC(C)(C)CC5)CC3)C4)cc2S(=O)(=O)C(F)(F)F)CC1. The zero-order valence-corrected chi connectivity index (χ0v) is 42.4. The zero-order chi connectivity index (χ0) is 49.1. The zero-order valence-electron chi connectivity index (χ0n) is 39.2. The number of allylic oxidation sites excluding steroid dienone is 1. The number of likely N-dealkylation sites (tertiary alicyclic amines) is 1. The quantitative estimate of drug-likeness (QED) is 0.0821. The highest BCUT2D eigenvalue weighted by Crippen LogP contribution is 2.44. The van der Waals surface area contributed by atoms with E-state index in [1.54, 1.807) is 18.2 Å². The summed E-state index contributed by atoms with van der Waals surface area (Å²) >= 11 is 7.38. The van der Waals surface area contributed by atoms with Crippen LogP contribution in [0.4, 0.5) is 29.1 Å². The van der Waals surface area contributed by atoms with Crippen molar-refractivity contribution in [2.24, 2.45) is 5.41 Å². The Balaban J connectivity index is 0.955. The maximum absolute atomic E-state index is 14.6. The topological polar surface area (TPSA) is 131 Å². The van der Waals surface area contributed by atoms with Crippen LogP contribution in [0.3, 0.4) is 0 Å². The number of benzene rings is 3. The highest BCUT2D eigenvalue weighted by atomic mass is 35.5. The van der Waals surface area contributed by atoms with Gasteiger partial charge in [-0.25, -0.2) is 31.2 Å². The fourth-order valence-corrected chi connectivity index (χ4v) is 13.1. The number of hydrogen-bond acceptors (Lipinski definition) is 12. The number of piperazine rings is 1. The summed E-state index contributed by atoms with van der Waals surface area (Å²) in [7, 11) is -8.71. The maximum atomic E-state index is 14.6. The largest absolute Gasteiger partial charge is 0.501 e. The van der Waals surface area contributed by atoms with Gasteiger partial charge >= 0.3 is 5.51 Å². The van der Waals surface area contributed by atoms with E-state index in [1.807, 2.05) is 19.2 Å². The van der Waals surface area contributed by atoms with Gasteiger partial charge in [-0.2, -0.15) is 13.2 Å². The molecule has 12 nitrogen and oxygen atoms in total. The van der Waals surface area contributed by atoms with E-state index in [2.05, 4.69) is 65.6 Å². The first kappa shape index (κ1) is 51.5. The number of likely N-dealkylation sites (N-methyl/N-ethyl adjacent to an activating group) is 1. The summed E-state index contributed by atoms with van der Waals surface area (Å²) < 4.78 is 115. The molecule has 20 heteroatoms. The Bertz CT molecular complexity index is 2710. The van der Waals surface area contributed by atoms with Gasteiger partial charge in [-0.1, -0.05) is 55.3 Å². The predicted molar refractivity (Wildman–Crippen MR) is 265 cm³/mol. The highest BCUT2D eigenvalue weighted by Gasteiger charge is 2.48. The average Bonchev–Trinajstić information content (AvgIpc) is 3.31. The summed E-state index contributed by atoms with van der Waals surface area (Å²) in [5, 5.41) is 3.72. The van der Waals surface area contributed by atoms with E-state index >= 15 is 0 Å². The first-order valence-corrected chi connectivity index (χ1v) is 27.9. The maximum Gasteiger partial charge on any atom is 0.501 e. The minimum atomic E-state index is -6.06. The van der Waals surface area contributed by atoms with Gasteiger partial charge in [0.25, 0.3) is 19.9 Å². The van der Waals surface area contributed by atoms with Gasteiger partial charge in [0.05, 0.1) is 16.3 Å². The molecule has 1 atom stereocenters. The number of sulfone groups is 1. The molecule has 2 saturated heterocycles. The molecular formula is C49H61ClF4N8O4S3. The number of anilines is 2. The van der Waals surface area contributed by atoms with Crippen LogP contribution in [0, 0.1) is 11.2 Å². The molecule has 4 aliphatic rings. The lowest BCUT2D eigenvalue weighted by Crippen LogP contribution is -2.47. The van der Waals surface area contributed by atoms with Gasteiger partial charge in [0.15, 0.2) is 0 Å². The number of piperidine rings is 1. The average molecular weight is 1030 g/mol. The minimum absolute atomic E-state index is 0.00790. The van der Waals surface area contributed by atoms with Crippen molar-refractivity contribution in [3.8, 4) is 0 Å². The Labute approximate surface area is 413 Å². The van der Waals surface area contributed by atoms with E-state index in [-0.39, 0.29) is 17.0 Å². The first-order valence-electron chi connectivity index (χ1n) is 23.5. The molecule has 0 spiro atoms. The molecular weight excluding hydrogens is 972 g/mol. The summed E-state index contributed by atoms with van der Waals surface area (Å²) in [5.41, 5.74) is -0.536. The molecule has 0 radical (unpaired) electrons. The van der Waals surface area contributed by atoms with Crippen LogP contribution in [0.25, 0.3) is 5.57 Å². The van der Waals surface area contributed by atoms with Crippen molar-refractivity contribution >= 4 is 60.3 Å². The number of thioether (sulfide) groups is 1. The Hall–Kier alpha value is -3.82.